The smallest absolute Gasteiger partial charge is 0.295 e. The van der Waals surface area contributed by atoms with Crippen LogP contribution < -0.4 is 5.32 Å². The highest BCUT2D eigenvalue weighted by atomic mass is 16.6. The van der Waals surface area contributed by atoms with Crippen LogP contribution in [-0.2, 0) is 6.54 Å². The van der Waals surface area contributed by atoms with Crippen LogP contribution in [0.5, 0.6) is 0 Å². The highest BCUT2D eigenvalue weighted by molar-refractivity contribution is 5.71. The van der Waals surface area contributed by atoms with Crippen molar-refractivity contribution in [3.05, 3.63) is 83.0 Å². The van der Waals surface area contributed by atoms with Gasteiger partial charge in [0.2, 0.25) is 11.7 Å². The number of nitrogens with zero attached hydrogens (tertiary/aromatic N) is 5. The van der Waals surface area contributed by atoms with Gasteiger partial charge in [-0.25, -0.2) is 4.98 Å². The fourth-order valence-corrected chi connectivity index (χ4v) is 2.62. The minimum atomic E-state index is -0.446. The molecule has 0 spiro atoms. The lowest BCUT2D eigenvalue weighted by atomic mass is 10.1. The lowest BCUT2D eigenvalue weighted by molar-refractivity contribution is -0.384. The Kier molecular flexibility index (Phi) is 4.70. The van der Waals surface area contributed by atoms with E-state index >= 15 is 0 Å². The maximum atomic E-state index is 11.3. The molecular formula is C19H14N6O3. The lowest BCUT2D eigenvalue weighted by Crippen LogP contribution is -2.04. The number of hydrogen-bond acceptors (Lipinski definition) is 8. The number of benzene rings is 1. The third kappa shape index (κ3) is 3.68. The van der Waals surface area contributed by atoms with Gasteiger partial charge < -0.3 is 9.84 Å². The predicted octanol–water partition coefficient (Wildman–Crippen LogP) is 3.71. The Morgan fingerprint density at radius 1 is 0.964 bits per heavy atom. The van der Waals surface area contributed by atoms with Crippen molar-refractivity contribution in [3.8, 4) is 22.6 Å². The number of nitrogens with one attached hydrogen (secondary N) is 1. The van der Waals surface area contributed by atoms with Crippen LogP contribution in [-0.4, -0.2) is 25.0 Å². The second kappa shape index (κ2) is 7.62. The van der Waals surface area contributed by atoms with E-state index in [0.717, 1.165) is 5.56 Å². The molecule has 28 heavy (non-hydrogen) atoms. The highest BCUT2D eigenvalue weighted by Crippen LogP contribution is 2.29. The molecule has 0 unspecified atom stereocenters. The summed E-state index contributed by atoms with van der Waals surface area (Å²) in [5, 5.41) is 18.3. The summed E-state index contributed by atoms with van der Waals surface area (Å²) in [5.41, 5.74) is 1.69. The number of rotatable bonds is 6. The molecule has 0 atom stereocenters. The van der Waals surface area contributed by atoms with Crippen molar-refractivity contribution >= 4 is 11.5 Å². The van der Waals surface area contributed by atoms with Crippen molar-refractivity contribution in [3.63, 3.8) is 0 Å². The van der Waals surface area contributed by atoms with Crippen LogP contribution in [0.15, 0.2) is 71.5 Å². The van der Waals surface area contributed by atoms with Gasteiger partial charge in [-0.1, -0.05) is 35.5 Å². The second-order valence-corrected chi connectivity index (χ2v) is 5.79. The maximum Gasteiger partial charge on any atom is 0.295 e. The summed E-state index contributed by atoms with van der Waals surface area (Å²) in [7, 11) is 0. The quantitative estimate of drug-likeness (QED) is 0.400. The van der Waals surface area contributed by atoms with E-state index in [1.54, 1.807) is 54.9 Å². The fraction of sp³-hybridized carbons (Fsp3) is 0.0526. The SMILES string of the molecule is O=[N+]([O-])c1ccc(NCc2nc(-c3ccncc3)no2)nc1-c1ccccc1. The third-order valence-electron chi connectivity index (χ3n) is 3.95. The van der Waals surface area contributed by atoms with E-state index in [1.165, 1.54) is 6.07 Å². The fourth-order valence-electron chi connectivity index (χ4n) is 2.62. The van der Waals surface area contributed by atoms with E-state index in [2.05, 4.69) is 25.4 Å². The zero-order valence-corrected chi connectivity index (χ0v) is 14.5. The summed E-state index contributed by atoms with van der Waals surface area (Å²) in [5.74, 6) is 1.29. The van der Waals surface area contributed by atoms with E-state index < -0.39 is 4.92 Å². The summed E-state index contributed by atoms with van der Waals surface area (Å²) in [4.78, 5) is 23.5. The monoisotopic (exact) mass is 374 g/mol. The first kappa shape index (κ1) is 17.3. The topological polar surface area (TPSA) is 120 Å². The van der Waals surface area contributed by atoms with Crippen LogP contribution in [0.2, 0.25) is 0 Å². The number of anilines is 1. The molecule has 0 fully saturated rings. The molecule has 9 heteroatoms. The van der Waals surface area contributed by atoms with E-state index in [-0.39, 0.29) is 12.2 Å². The molecule has 138 valence electrons. The molecule has 0 radical (unpaired) electrons. The Hall–Kier alpha value is -4.14. The Bertz CT molecular complexity index is 1100. The van der Waals surface area contributed by atoms with Gasteiger partial charge in [0.15, 0.2) is 5.69 Å². The number of aromatic nitrogens is 4. The molecule has 0 aliphatic rings. The summed E-state index contributed by atoms with van der Waals surface area (Å²) in [6.45, 7) is 0.233. The van der Waals surface area contributed by atoms with Crippen LogP contribution in [0, 0.1) is 10.1 Å². The molecule has 0 aliphatic carbocycles. The van der Waals surface area contributed by atoms with Crippen molar-refractivity contribution in [2.45, 2.75) is 6.54 Å². The van der Waals surface area contributed by atoms with E-state index in [0.29, 0.717) is 28.8 Å². The number of pyridine rings is 2. The largest absolute Gasteiger partial charge is 0.361 e. The van der Waals surface area contributed by atoms with Crippen LogP contribution in [0.4, 0.5) is 11.5 Å². The van der Waals surface area contributed by atoms with Crippen LogP contribution >= 0.6 is 0 Å². The van der Waals surface area contributed by atoms with Gasteiger partial charge in [-0.15, -0.1) is 0 Å². The van der Waals surface area contributed by atoms with Crippen molar-refractivity contribution < 1.29 is 9.45 Å². The zero-order valence-electron chi connectivity index (χ0n) is 14.5. The van der Waals surface area contributed by atoms with Gasteiger partial charge in [-0.2, -0.15) is 4.98 Å². The molecule has 4 rings (SSSR count). The van der Waals surface area contributed by atoms with Gasteiger partial charge in [0, 0.05) is 29.6 Å². The average Bonchev–Trinajstić information content (AvgIpc) is 3.22. The van der Waals surface area contributed by atoms with E-state index in [1.807, 2.05) is 6.07 Å². The highest BCUT2D eigenvalue weighted by Gasteiger charge is 2.18. The second-order valence-electron chi connectivity index (χ2n) is 5.79. The van der Waals surface area contributed by atoms with Crippen molar-refractivity contribution in [2.24, 2.45) is 0 Å². The molecule has 0 amide bonds. The Morgan fingerprint density at radius 2 is 1.75 bits per heavy atom. The molecule has 4 aromatic rings. The van der Waals surface area contributed by atoms with Gasteiger partial charge in [0.1, 0.15) is 5.82 Å². The Labute approximate surface area is 159 Å². The molecule has 0 aliphatic heterocycles. The van der Waals surface area contributed by atoms with Crippen molar-refractivity contribution in [2.75, 3.05) is 5.32 Å². The van der Waals surface area contributed by atoms with Crippen molar-refractivity contribution in [1.82, 2.24) is 20.1 Å². The van der Waals surface area contributed by atoms with Crippen molar-refractivity contribution in [1.29, 1.82) is 0 Å². The summed E-state index contributed by atoms with van der Waals surface area (Å²) in [6, 6.07) is 15.5. The molecule has 9 nitrogen and oxygen atoms in total. The van der Waals surface area contributed by atoms with Gasteiger partial charge in [-0.3, -0.25) is 15.1 Å². The van der Waals surface area contributed by atoms with Crippen LogP contribution in [0.3, 0.4) is 0 Å². The summed E-state index contributed by atoms with van der Waals surface area (Å²) >= 11 is 0. The zero-order chi connectivity index (χ0) is 19.3. The molecule has 0 saturated carbocycles. The third-order valence-corrected chi connectivity index (χ3v) is 3.95. The molecule has 0 bridgehead atoms. The van der Waals surface area contributed by atoms with Gasteiger partial charge in [0.25, 0.3) is 5.69 Å². The number of nitro groups is 1. The standard InChI is InChI=1S/C19H14N6O3/c26-25(27)15-6-7-16(22-18(15)13-4-2-1-3-5-13)21-12-17-23-19(24-28-17)14-8-10-20-11-9-14/h1-11H,12H2,(H,21,22). The molecule has 1 N–H and O–H groups in total. The van der Waals surface area contributed by atoms with Crippen LogP contribution in [0.25, 0.3) is 22.6 Å². The first-order valence-electron chi connectivity index (χ1n) is 8.38. The van der Waals surface area contributed by atoms with Gasteiger partial charge in [0.05, 0.1) is 11.5 Å². The van der Waals surface area contributed by atoms with E-state index in [4.69, 9.17) is 4.52 Å². The first-order valence-corrected chi connectivity index (χ1v) is 8.38. The Balaban J connectivity index is 1.54. The van der Waals surface area contributed by atoms with Crippen LogP contribution in [0.1, 0.15) is 5.89 Å². The minimum Gasteiger partial charge on any atom is -0.361 e. The summed E-state index contributed by atoms with van der Waals surface area (Å²) in [6.07, 6.45) is 3.30. The van der Waals surface area contributed by atoms with E-state index in [9.17, 15) is 10.1 Å². The maximum absolute atomic E-state index is 11.3. The average molecular weight is 374 g/mol. The molecule has 0 saturated heterocycles. The van der Waals surface area contributed by atoms with Gasteiger partial charge in [-0.05, 0) is 18.2 Å². The van der Waals surface area contributed by atoms with Gasteiger partial charge >= 0.3 is 0 Å². The Morgan fingerprint density at radius 3 is 2.50 bits per heavy atom. The number of hydrogen-bond donors (Lipinski definition) is 1. The summed E-state index contributed by atoms with van der Waals surface area (Å²) < 4.78 is 5.24. The predicted molar refractivity (Wildman–Crippen MR) is 101 cm³/mol. The minimum absolute atomic E-state index is 0.0606. The first-order chi connectivity index (χ1) is 13.7. The molecular weight excluding hydrogens is 360 g/mol. The normalized spacial score (nSPS) is 10.6. The molecule has 3 aromatic heterocycles. The lowest BCUT2D eigenvalue weighted by Gasteiger charge is -2.07. The molecule has 1 aromatic carbocycles. The molecule has 3 heterocycles.